The van der Waals surface area contributed by atoms with Crippen LogP contribution in [0.2, 0.25) is 0 Å². The maximum atomic E-state index is 11.1. The Morgan fingerprint density at radius 3 is 2.68 bits per heavy atom. The number of rotatable bonds is 7. The number of carbonyl (C=O) groups is 1. The minimum absolute atomic E-state index is 0.0705. The first kappa shape index (κ1) is 16.5. The zero-order valence-electron chi connectivity index (χ0n) is 12.3. The molecule has 1 aromatic carbocycles. The van der Waals surface area contributed by atoms with Crippen molar-refractivity contribution in [1.82, 2.24) is 4.98 Å². The highest BCUT2D eigenvalue weighted by Gasteiger charge is 2.20. The maximum absolute atomic E-state index is 11.1. The lowest BCUT2D eigenvalue weighted by Crippen LogP contribution is -2.33. The van der Waals surface area contributed by atoms with Crippen LogP contribution >= 0.6 is 11.3 Å². The molecular weight excluding hydrogens is 305 g/mol. The van der Waals surface area contributed by atoms with E-state index in [9.17, 15) is 14.8 Å². The van der Waals surface area contributed by atoms with E-state index in [1.54, 1.807) is 11.3 Å². The summed E-state index contributed by atoms with van der Waals surface area (Å²) < 4.78 is 10.8. The zero-order valence-corrected chi connectivity index (χ0v) is 13.1. The molecule has 0 spiro atoms. The van der Waals surface area contributed by atoms with Gasteiger partial charge in [0, 0.05) is 10.9 Å². The van der Waals surface area contributed by atoms with E-state index in [-0.39, 0.29) is 17.6 Å². The summed E-state index contributed by atoms with van der Waals surface area (Å²) in [6, 6.07) is 2.80. The first-order valence-corrected chi connectivity index (χ1v) is 7.56. The fraction of sp³-hybridized carbons (Fsp3) is 0.286. The van der Waals surface area contributed by atoms with E-state index in [1.165, 1.54) is 19.2 Å². The fourth-order valence-electron chi connectivity index (χ4n) is 1.92. The van der Waals surface area contributed by atoms with Crippen molar-refractivity contribution in [1.29, 1.82) is 0 Å². The van der Waals surface area contributed by atoms with Gasteiger partial charge in [-0.2, -0.15) is 0 Å². The predicted octanol–water partition coefficient (Wildman–Crippen LogP) is 0.785. The van der Waals surface area contributed by atoms with Gasteiger partial charge in [-0.25, -0.2) is 4.98 Å². The van der Waals surface area contributed by atoms with Crippen LogP contribution in [0, 0.1) is 0 Å². The van der Waals surface area contributed by atoms with Gasteiger partial charge in [-0.05, 0) is 24.0 Å². The minimum atomic E-state index is -1.76. The molecule has 1 aromatic heterocycles. The Kier molecular flexibility index (Phi) is 5.54. The van der Waals surface area contributed by atoms with Crippen LogP contribution in [-0.2, 0) is 13.0 Å². The van der Waals surface area contributed by atoms with E-state index in [2.05, 4.69) is 4.98 Å². The number of thiazole rings is 1. The van der Waals surface area contributed by atoms with Crippen LogP contribution in [0.15, 0.2) is 17.5 Å². The molecule has 0 fully saturated rings. The lowest BCUT2D eigenvalue weighted by Gasteiger charge is -2.13. The van der Waals surface area contributed by atoms with Crippen molar-refractivity contribution in [3.05, 3.63) is 33.8 Å². The molecule has 1 heterocycles. The topological polar surface area (TPSA) is 88.9 Å². The molecule has 22 heavy (non-hydrogen) atoms. The van der Waals surface area contributed by atoms with Gasteiger partial charge in [0.2, 0.25) is 0 Å². The quantitative estimate of drug-likeness (QED) is 0.579. The number of aldehydes is 1. The van der Waals surface area contributed by atoms with Gasteiger partial charge in [0.15, 0.2) is 11.5 Å². The van der Waals surface area contributed by atoms with Crippen LogP contribution in [0.4, 0.5) is 0 Å². The number of carbonyl (C=O) groups excluding carboxylic acids is 1. The standard InChI is InChI=1S/C14H16BNO5S/c1-3-14-16-10(8-22-14)7-21-13-4-9(6-17)11(15(18)19)5-12(13)20-2/h4-6,8,18-19H,3,7H2,1-2H3. The average molecular weight is 321 g/mol. The molecule has 116 valence electrons. The molecule has 0 atom stereocenters. The van der Waals surface area contributed by atoms with Gasteiger partial charge in [0.25, 0.3) is 0 Å². The van der Waals surface area contributed by atoms with E-state index in [1.807, 2.05) is 12.3 Å². The Balaban J connectivity index is 2.23. The molecule has 0 unspecified atom stereocenters. The molecule has 0 radical (unpaired) electrons. The Morgan fingerprint density at radius 1 is 1.36 bits per heavy atom. The van der Waals surface area contributed by atoms with Crippen molar-refractivity contribution in [2.45, 2.75) is 20.0 Å². The summed E-state index contributed by atoms with van der Waals surface area (Å²) in [5, 5.41) is 21.5. The van der Waals surface area contributed by atoms with E-state index in [0.717, 1.165) is 17.1 Å². The first-order valence-electron chi connectivity index (χ1n) is 6.68. The summed E-state index contributed by atoms with van der Waals surface area (Å²) >= 11 is 1.56. The Labute approximate surface area is 132 Å². The number of aryl methyl sites for hydroxylation is 1. The van der Waals surface area contributed by atoms with Crippen LogP contribution in [0.3, 0.4) is 0 Å². The molecule has 2 aromatic rings. The van der Waals surface area contributed by atoms with Crippen LogP contribution in [0.5, 0.6) is 11.5 Å². The number of aromatic nitrogens is 1. The van der Waals surface area contributed by atoms with Gasteiger partial charge < -0.3 is 19.5 Å². The minimum Gasteiger partial charge on any atom is -0.493 e. The Hall–Kier alpha value is -1.90. The van der Waals surface area contributed by atoms with Gasteiger partial charge >= 0.3 is 7.12 Å². The van der Waals surface area contributed by atoms with Gasteiger partial charge in [0.1, 0.15) is 12.9 Å². The van der Waals surface area contributed by atoms with Crippen molar-refractivity contribution in [2.75, 3.05) is 7.11 Å². The largest absolute Gasteiger partial charge is 0.493 e. The van der Waals surface area contributed by atoms with Crippen LogP contribution in [0.25, 0.3) is 0 Å². The third kappa shape index (κ3) is 3.65. The number of methoxy groups -OCH3 is 1. The molecular formula is C14H16BNO5S. The molecule has 0 amide bonds. The molecule has 0 aliphatic rings. The molecule has 0 aliphatic heterocycles. The smallest absolute Gasteiger partial charge is 0.489 e. The number of ether oxygens (including phenoxy) is 2. The summed E-state index contributed by atoms with van der Waals surface area (Å²) in [4.78, 5) is 15.5. The summed E-state index contributed by atoms with van der Waals surface area (Å²) in [5.74, 6) is 0.666. The van der Waals surface area contributed by atoms with Crippen LogP contribution < -0.4 is 14.9 Å². The van der Waals surface area contributed by atoms with Crippen molar-refractivity contribution < 1.29 is 24.3 Å². The van der Waals surface area contributed by atoms with Crippen molar-refractivity contribution in [3.63, 3.8) is 0 Å². The number of hydrogen-bond acceptors (Lipinski definition) is 7. The third-order valence-electron chi connectivity index (χ3n) is 3.05. The van der Waals surface area contributed by atoms with Crippen LogP contribution in [0.1, 0.15) is 28.0 Å². The Bertz CT molecular complexity index is 659. The summed E-state index contributed by atoms with van der Waals surface area (Å²) in [7, 11) is -0.317. The summed E-state index contributed by atoms with van der Waals surface area (Å²) in [6.07, 6.45) is 1.41. The van der Waals surface area contributed by atoms with Crippen molar-refractivity contribution >= 4 is 30.2 Å². The number of nitrogens with zero attached hydrogens (tertiary/aromatic N) is 1. The Morgan fingerprint density at radius 2 is 2.14 bits per heavy atom. The second-order valence-corrected chi connectivity index (χ2v) is 5.44. The van der Waals surface area contributed by atoms with Crippen molar-refractivity contribution in [2.24, 2.45) is 0 Å². The highest BCUT2D eigenvalue weighted by molar-refractivity contribution is 7.09. The summed E-state index contributed by atoms with van der Waals surface area (Å²) in [6.45, 7) is 2.27. The molecule has 0 bridgehead atoms. The third-order valence-corrected chi connectivity index (χ3v) is 4.09. The highest BCUT2D eigenvalue weighted by Crippen LogP contribution is 2.28. The molecule has 0 saturated carbocycles. The molecule has 2 N–H and O–H groups in total. The van der Waals surface area contributed by atoms with E-state index < -0.39 is 7.12 Å². The monoisotopic (exact) mass is 321 g/mol. The molecule has 2 rings (SSSR count). The lowest BCUT2D eigenvalue weighted by molar-refractivity contribution is 0.112. The molecule has 6 nitrogen and oxygen atoms in total. The molecule has 0 saturated heterocycles. The van der Waals surface area contributed by atoms with E-state index in [0.29, 0.717) is 17.8 Å². The average Bonchev–Trinajstić information content (AvgIpc) is 2.99. The first-order chi connectivity index (χ1) is 10.6. The van der Waals surface area contributed by atoms with Gasteiger partial charge in [0.05, 0.1) is 17.8 Å². The predicted molar refractivity (Wildman–Crippen MR) is 84.0 cm³/mol. The second kappa shape index (κ2) is 7.39. The molecule has 8 heteroatoms. The highest BCUT2D eigenvalue weighted by atomic mass is 32.1. The molecule has 0 aliphatic carbocycles. The normalized spacial score (nSPS) is 10.4. The van der Waals surface area contributed by atoms with Crippen molar-refractivity contribution in [3.8, 4) is 11.5 Å². The number of hydrogen-bond donors (Lipinski definition) is 2. The van der Waals surface area contributed by atoms with E-state index >= 15 is 0 Å². The fourth-order valence-corrected chi connectivity index (χ4v) is 2.65. The second-order valence-electron chi connectivity index (χ2n) is 4.50. The van der Waals surface area contributed by atoms with Crippen LogP contribution in [-0.4, -0.2) is 35.5 Å². The SMILES string of the molecule is CCc1nc(COc2cc(C=O)c(B(O)O)cc2OC)cs1. The summed E-state index contributed by atoms with van der Waals surface area (Å²) in [5.41, 5.74) is 1.00. The lowest BCUT2D eigenvalue weighted by atomic mass is 9.77. The van der Waals surface area contributed by atoms with Gasteiger partial charge in [-0.3, -0.25) is 4.79 Å². The van der Waals surface area contributed by atoms with Gasteiger partial charge in [-0.1, -0.05) is 6.92 Å². The zero-order chi connectivity index (χ0) is 16.1. The van der Waals surface area contributed by atoms with E-state index in [4.69, 9.17) is 9.47 Å². The maximum Gasteiger partial charge on any atom is 0.489 e. The number of benzene rings is 1. The van der Waals surface area contributed by atoms with Gasteiger partial charge in [-0.15, -0.1) is 11.3 Å².